The van der Waals surface area contributed by atoms with E-state index in [9.17, 15) is 56.2 Å². The lowest BCUT2D eigenvalue weighted by Crippen LogP contribution is -2.44. The number of nitrogens with zero attached hydrogens (tertiary/aromatic N) is 15. The summed E-state index contributed by atoms with van der Waals surface area (Å²) in [5.74, 6) is -1.20. The van der Waals surface area contributed by atoms with Crippen LogP contribution in [0.25, 0.3) is 0 Å². The number of aliphatic hydroxyl groups is 15. The van der Waals surface area contributed by atoms with Crippen molar-refractivity contribution in [3.05, 3.63) is 62.0 Å². The summed E-state index contributed by atoms with van der Waals surface area (Å²) in [6.45, 7) is 12.1. The Bertz CT molecular complexity index is 3300. The first-order valence-corrected chi connectivity index (χ1v) is 24.1. The lowest BCUT2D eigenvalue weighted by Gasteiger charge is -2.29. The van der Waals surface area contributed by atoms with Crippen LogP contribution >= 0.6 is 0 Å². The smallest absolute Gasteiger partial charge is 0.223 e. The van der Waals surface area contributed by atoms with Gasteiger partial charge in [-0.25, -0.2) is 25.0 Å². The number of aliphatic imine (C=N–C) groups is 10. The first kappa shape index (κ1) is 52.0. The third-order valence-electron chi connectivity index (χ3n) is 12.1. The van der Waals surface area contributed by atoms with Crippen LogP contribution in [0.5, 0.6) is 0 Å². The molecule has 470 valence electrons. The highest BCUT2D eigenvalue weighted by molar-refractivity contribution is 5.91. The molecule has 0 aromatic carbocycles. The van der Waals surface area contributed by atoms with Crippen LogP contribution in [0.4, 0.5) is 0 Å². The molecular formula is C45H70N20O20. The number of hydrogen-bond acceptors (Lipinski definition) is 40. The van der Waals surface area contributed by atoms with E-state index in [-0.39, 0.29) is 58.9 Å². The van der Waals surface area contributed by atoms with Gasteiger partial charge in [0.25, 0.3) is 0 Å². The Morgan fingerprint density at radius 2 is 0.718 bits per heavy atom. The van der Waals surface area contributed by atoms with E-state index >= 15 is 0 Å². The van der Waals surface area contributed by atoms with Gasteiger partial charge in [-0.05, 0) is 0 Å². The van der Waals surface area contributed by atoms with Crippen molar-refractivity contribution < 1.29 is 115 Å². The van der Waals surface area contributed by atoms with Crippen molar-refractivity contribution in [1.82, 2.24) is 24.5 Å². The van der Waals surface area contributed by atoms with Gasteiger partial charge in [-0.1, -0.05) is 32.9 Å². The highest BCUT2D eigenvalue weighted by Gasteiger charge is 2.50. The van der Waals surface area contributed by atoms with Crippen molar-refractivity contribution >= 4 is 61.4 Å². The van der Waals surface area contributed by atoms with E-state index in [2.05, 4.69) is 82.8 Å². The van der Waals surface area contributed by atoms with Gasteiger partial charge in [-0.3, -0.25) is 24.5 Å². The van der Waals surface area contributed by atoms with Gasteiger partial charge in [0, 0.05) is 0 Å². The summed E-state index contributed by atoms with van der Waals surface area (Å²) >= 11 is 0. The van der Waals surface area contributed by atoms with Gasteiger partial charge in [0.15, 0.2) is 31.1 Å². The number of hydrogen-bond donors (Lipinski definition) is 20. The fourth-order valence-corrected chi connectivity index (χ4v) is 7.74. The van der Waals surface area contributed by atoms with E-state index in [1.165, 1.54) is 0 Å². The zero-order valence-electron chi connectivity index (χ0n) is 54.9. The van der Waals surface area contributed by atoms with Crippen molar-refractivity contribution in [3.63, 3.8) is 0 Å². The molecule has 0 amide bonds. The van der Waals surface area contributed by atoms with Gasteiger partial charge >= 0.3 is 0 Å². The van der Waals surface area contributed by atoms with Gasteiger partial charge in [-0.15, -0.1) is 0 Å². The van der Waals surface area contributed by atoms with E-state index in [0.29, 0.717) is 0 Å². The Kier molecular flexibility index (Phi) is 17.8. The second kappa shape index (κ2) is 29.1. The fraction of sp³-hybridized carbons (Fsp3) is 0.556. The molecule has 10 aliphatic heterocycles. The number of rotatable bonds is 10. The maximum Gasteiger partial charge on any atom is 0.223 e. The minimum absolute atomic E-state index is 0.0176. The van der Waals surface area contributed by atoms with Crippen molar-refractivity contribution in [2.75, 3.05) is 33.0 Å². The number of aliphatic hydroxyl groups excluding tert-OH is 12. The molecule has 0 spiro atoms. The average molecular weight is 1220 g/mol. The predicted octanol–water partition coefficient (Wildman–Crippen LogP) is -12.2. The predicted molar refractivity (Wildman–Crippen MR) is 294 cm³/mol. The van der Waals surface area contributed by atoms with Gasteiger partial charge in [0.1, 0.15) is 159 Å². The van der Waals surface area contributed by atoms with Gasteiger partial charge in [-0.2, -0.15) is 25.0 Å². The van der Waals surface area contributed by atoms with Crippen molar-refractivity contribution in [2.45, 2.75) is 123 Å². The summed E-state index contributed by atoms with van der Waals surface area (Å²) < 4.78 is 109. The molecule has 10 heterocycles. The molecule has 0 bridgehead atoms. The van der Waals surface area contributed by atoms with Crippen molar-refractivity contribution in [3.8, 4) is 0 Å². The van der Waals surface area contributed by atoms with Crippen LogP contribution in [-0.2, 0) is 23.7 Å². The van der Waals surface area contributed by atoms with Gasteiger partial charge < -0.3 is 129 Å². The molecular weight excluding hydrogens is 1140 g/mol. The molecule has 25 N–H and O–H groups in total. The SMILES string of the molecule is [2H]C1=NC(N)=NC(=C)N1[C@@H]1O[C@H](C([2H])([2H])O)C(O)[C@@H]1O.[2H]C1=NC(N)=NC(=C)N1[C@@H]1O[C@H](CO)C(O)[C@]1([2H])O.[2H]C1=NC(N)=NC(=C)N1[C@@H]1O[C@H](CO)C([2H])(O)[C@@H]1O.[2H]C1=NC(N)=NC(=C)N1[C@@H]1O[C@]([2H])(CO)C(O)[C@@H]1O.[2H]C1=NC(N)=NC(=C)N1[C@]1([2H])O[C@H](CO)C(O)[C@@H]1O. The quantitative estimate of drug-likeness (QED) is 0.0966. The van der Waals surface area contributed by atoms with Crippen LogP contribution in [0.3, 0.4) is 0 Å². The monoisotopic (exact) mass is 1220 g/mol. The molecule has 0 aromatic heterocycles. The largest absolute Gasteiger partial charge is 0.394 e. The molecule has 5 unspecified atom stereocenters. The number of ether oxygens (including phenoxy) is 5. The number of amidine groups is 5. The molecule has 5 fully saturated rings. The maximum atomic E-state index is 9.96. The minimum Gasteiger partial charge on any atom is -0.394 e. The van der Waals surface area contributed by atoms with Crippen molar-refractivity contribution in [2.24, 2.45) is 78.6 Å². The summed E-state index contributed by atoms with van der Waals surface area (Å²) in [7, 11) is 0. The highest BCUT2D eigenvalue weighted by atomic mass is 16.6. The third-order valence-corrected chi connectivity index (χ3v) is 12.1. The van der Waals surface area contributed by atoms with Gasteiger partial charge in [0.05, 0.1) is 41.2 Å². The Labute approximate surface area is 497 Å². The minimum atomic E-state index is -2.87. The molecule has 40 nitrogen and oxygen atoms in total. The molecule has 85 heavy (non-hydrogen) atoms. The first-order chi connectivity index (χ1) is 44.3. The second-order valence-electron chi connectivity index (χ2n) is 17.7. The lowest BCUT2D eigenvalue weighted by molar-refractivity contribution is -0.0607. The number of guanidine groups is 5. The summed E-state index contributed by atoms with van der Waals surface area (Å²) in [6.07, 6.45) is -35.1. The molecule has 40 heteroatoms. The van der Waals surface area contributed by atoms with Crippen LogP contribution in [0.2, 0.25) is 0 Å². The number of nitrogens with two attached hydrogens (primary N) is 5. The van der Waals surface area contributed by atoms with Crippen LogP contribution in [0.1, 0.15) is 15.1 Å². The molecule has 0 aliphatic carbocycles. The van der Waals surface area contributed by atoms with E-state index in [0.717, 1.165) is 24.5 Å². The third kappa shape index (κ3) is 15.2. The standard InChI is InChI=1S/5C9H14N4O4/c5*1-4-12-9(10)11-3-13(4)8-7(16)6(15)5(2-14)17-8/h5*3,5-8,14-16H,1-2H2,(H2,10,12)/t5*5-,6?,7+,8-/m11111/s1/i3D,8D;3D,7D;3D,6D;3D,5D;2D2,3D. The van der Waals surface area contributed by atoms with Crippen molar-refractivity contribution in [1.29, 1.82) is 0 Å². The fourth-order valence-electron chi connectivity index (χ4n) is 7.74. The molecule has 10 rings (SSSR count). The normalized spacial score (nSPS) is 43.5. The van der Waals surface area contributed by atoms with Gasteiger partial charge in [0.2, 0.25) is 29.8 Å². The zero-order chi connectivity index (χ0) is 72.7. The van der Waals surface area contributed by atoms with E-state index < -0.39 is 187 Å². The molecule has 10 aliphatic rings. The summed E-state index contributed by atoms with van der Waals surface area (Å²) in [4.78, 5) is 40.9. The zero-order valence-corrected chi connectivity index (χ0v) is 43.9. The maximum absolute atomic E-state index is 9.96. The first-order valence-electron chi connectivity index (χ1n) is 29.6. The Morgan fingerprint density at radius 1 is 0.388 bits per heavy atom. The Hall–Kier alpha value is -7.40. The van der Waals surface area contributed by atoms with Crippen LogP contribution < -0.4 is 28.7 Å². The second-order valence-corrected chi connectivity index (χ2v) is 17.7. The van der Waals surface area contributed by atoms with E-state index in [1.54, 1.807) is 0 Å². The highest BCUT2D eigenvalue weighted by Crippen LogP contribution is 2.31. The van der Waals surface area contributed by atoms with E-state index in [4.69, 9.17) is 87.9 Å². The van der Waals surface area contributed by atoms with Crippen LogP contribution in [0.15, 0.2) is 112 Å². The van der Waals surface area contributed by atoms with E-state index in [1.807, 2.05) is 0 Å². The Balaban J connectivity index is 0.000000190. The lowest BCUT2D eigenvalue weighted by atomic mass is 10.1. The summed E-state index contributed by atoms with van der Waals surface area (Å²) in [5.41, 5.74) is 26.7. The molecule has 5 saturated heterocycles. The summed E-state index contributed by atoms with van der Waals surface area (Å²) in [6, 6.07) is 0. The average Bonchev–Trinajstić information content (AvgIpc) is 1.59. The molecule has 0 radical (unpaired) electrons. The molecule has 0 saturated carbocycles. The molecule has 0 aromatic rings. The van der Waals surface area contributed by atoms with Crippen LogP contribution in [0, 0.1) is 0 Å². The Morgan fingerprint density at radius 3 is 1.05 bits per heavy atom. The van der Waals surface area contributed by atoms with Crippen LogP contribution in [-0.4, -0.2) is 318 Å². The molecule has 20 atom stereocenters. The topological polar surface area (TPSA) is 620 Å². The summed E-state index contributed by atoms with van der Waals surface area (Å²) in [5, 5.41) is 143.